The maximum atomic E-state index is 5.04. The first-order valence-electron chi connectivity index (χ1n) is 4.99. The van der Waals surface area contributed by atoms with Crippen molar-refractivity contribution < 1.29 is 4.84 Å². The summed E-state index contributed by atoms with van der Waals surface area (Å²) in [6.45, 7) is 2.75. The van der Waals surface area contributed by atoms with Crippen LogP contribution in [0.1, 0.15) is 17.0 Å². The number of benzene rings is 1. The van der Waals surface area contributed by atoms with Gasteiger partial charge < -0.3 is 4.90 Å². The molecule has 0 aromatic heterocycles. The number of rotatable bonds is 3. The van der Waals surface area contributed by atoms with Crippen LogP contribution in [0.15, 0.2) is 22.7 Å². The van der Waals surface area contributed by atoms with Crippen molar-refractivity contribution in [2.24, 2.45) is 5.90 Å². The molecular formula is C11H15BrN2O. The minimum absolute atomic E-state index is 0.462. The first-order valence-corrected chi connectivity index (χ1v) is 5.78. The molecule has 82 valence electrons. The second kappa shape index (κ2) is 4.61. The number of likely N-dealkylation sites (tertiary alicyclic amines) is 1. The first-order chi connectivity index (χ1) is 7.20. The van der Waals surface area contributed by atoms with Crippen molar-refractivity contribution in [3.05, 3.63) is 33.8 Å². The van der Waals surface area contributed by atoms with E-state index in [1.807, 2.05) is 0 Å². The predicted octanol–water partition coefficient (Wildman–Crippen LogP) is 1.87. The Morgan fingerprint density at radius 3 is 2.80 bits per heavy atom. The molecule has 1 aliphatic rings. The largest absolute Gasteiger partial charge is 0.305 e. The number of hydrogen-bond acceptors (Lipinski definition) is 3. The fourth-order valence-electron chi connectivity index (χ4n) is 1.98. The molecule has 0 unspecified atom stereocenters. The fraction of sp³-hybridized carbons (Fsp3) is 0.455. The van der Waals surface area contributed by atoms with Crippen molar-refractivity contribution >= 4 is 15.9 Å². The topological polar surface area (TPSA) is 38.5 Å². The zero-order chi connectivity index (χ0) is 10.8. The molecule has 0 spiro atoms. The van der Waals surface area contributed by atoms with Crippen LogP contribution in [0.25, 0.3) is 0 Å². The molecule has 2 N–H and O–H groups in total. The molecule has 1 aromatic rings. The average molecular weight is 271 g/mol. The van der Waals surface area contributed by atoms with Gasteiger partial charge in [-0.1, -0.05) is 28.1 Å². The van der Waals surface area contributed by atoms with Crippen molar-refractivity contribution in [3.63, 3.8) is 0 Å². The van der Waals surface area contributed by atoms with Gasteiger partial charge in [0.05, 0.1) is 6.61 Å². The summed E-state index contributed by atoms with van der Waals surface area (Å²) in [7, 11) is 2.14. The molecule has 1 heterocycles. The summed E-state index contributed by atoms with van der Waals surface area (Å²) in [6, 6.07) is 6.32. The molecule has 0 bridgehead atoms. The van der Waals surface area contributed by atoms with Crippen molar-refractivity contribution in [2.75, 3.05) is 20.1 Å². The molecule has 0 atom stereocenters. The third-order valence-corrected chi connectivity index (χ3v) is 3.51. The van der Waals surface area contributed by atoms with E-state index in [1.165, 1.54) is 5.56 Å². The second-order valence-electron chi connectivity index (χ2n) is 4.09. The van der Waals surface area contributed by atoms with Crippen LogP contribution in [-0.2, 0) is 11.4 Å². The van der Waals surface area contributed by atoms with E-state index in [4.69, 9.17) is 5.90 Å². The van der Waals surface area contributed by atoms with Crippen molar-refractivity contribution in [2.45, 2.75) is 12.5 Å². The lowest BCUT2D eigenvalue weighted by Gasteiger charge is -2.37. The smallest absolute Gasteiger partial charge is 0.0930 e. The zero-order valence-electron chi connectivity index (χ0n) is 8.74. The molecule has 0 aliphatic carbocycles. The quantitative estimate of drug-likeness (QED) is 0.853. The Balaban J connectivity index is 2.12. The molecular weight excluding hydrogens is 256 g/mol. The van der Waals surface area contributed by atoms with Gasteiger partial charge in [0.25, 0.3) is 0 Å². The van der Waals surface area contributed by atoms with Crippen LogP contribution in [0.2, 0.25) is 0 Å². The van der Waals surface area contributed by atoms with Crippen LogP contribution in [0.4, 0.5) is 0 Å². The van der Waals surface area contributed by atoms with Crippen molar-refractivity contribution in [1.29, 1.82) is 0 Å². The van der Waals surface area contributed by atoms with Crippen molar-refractivity contribution in [3.8, 4) is 0 Å². The molecule has 1 fully saturated rings. The molecule has 3 nitrogen and oxygen atoms in total. The minimum atomic E-state index is 0.462. The maximum absolute atomic E-state index is 5.04. The Bertz CT molecular complexity index is 350. The highest BCUT2D eigenvalue weighted by molar-refractivity contribution is 9.10. The van der Waals surface area contributed by atoms with Gasteiger partial charge in [-0.05, 0) is 24.2 Å². The molecule has 1 aromatic carbocycles. The summed E-state index contributed by atoms with van der Waals surface area (Å²) < 4.78 is 1.16. The van der Waals surface area contributed by atoms with Gasteiger partial charge in [0, 0.05) is 23.5 Å². The van der Waals surface area contributed by atoms with Crippen LogP contribution in [-0.4, -0.2) is 25.0 Å². The van der Waals surface area contributed by atoms with E-state index in [0.29, 0.717) is 12.5 Å². The average Bonchev–Trinajstić information content (AvgIpc) is 2.15. The maximum Gasteiger partial charge on any atom is 0.0930 e. The minimum Gasteiger partial charge on any atom is -0.305 e. The Morgan fingerprint density at radius 2 is 2.27 bits per heavy atom. The van der Waals surface area contributed by atoms with Crippen LogP contribution in [0, 0.1) is 0 Å². The fourth-order valence-corrected chi connectivity index (χ4v) is 2.73. The van der Waals surface area contributed by atoms with E-state index in [-0.39, 0.29) is 0 Å². The van der Waals surface area contributed by atoms with Gasteiger partial charge in [0.1, 0.15) is 0 Å². The summed E-state index contributed by atoms with van der Waals surface area (Å²) in [6.07, 6.45) is 0. The summed E-state index contributed by atoms with van der Waals surface area (Å²) in [5.74, 6) is 5.71. The molecule has 1 saturated heterocycles. The summed E-state index contributed by atoms with van der Waals surface area (Å²) >= 11 is 3.60. The molecule has 1 aliphatic heterocycles. The third kappa shape index (κ3) is 2.39. The second-order valence-corrected chi connectivity index (χ2v) is 4.94. The monoisotopic (exact) mass is 270 g/mol. The Hall–Kier alpha value is -0.420. The predicted molar refractivity (Wildman–Crippen MR) is 63.4 cm³/mol. The lowest BCUT2D eigenvalue weighted by atomic mass is 9.91. The van der Waals surface area contributed by atoms with Gasteiger partial charge >= 0.3 is 0 Å². The number of nitrogens with two attached hydrogens (primary N) is 1. The Labute approximate surface area is 98.3 Å². The van der Waals surface area contributed by atoms with Crippen LogP contribution < -0.4 is 5.90 Å². The number of likely N-dealkylation sites (N-methyl/N-ethyl adjacent to an activating group) is 1. The van der Waals surface area contributed by atoms with Crippen LogP contribution in [0.3, 0.4) is 0 Å². The zero-order valence-corrected chi connectivity index (χ0v) is 10.3. The SMILES string of the molecule is CN1CC(c2ccc(CON)cc2Br)C1. The highest BCUT2D eigenvalue weighted by Crippen LogP contribution is 2.31. The molecule has 4 heteroatoms. The van der Waals surface area contributed by atoms with E-state index in [1.54, 1.807) is 0 Å². The standard InChI is InChI=1S/C11H15BrN2O/c1-14-5-9(6-14)10-3-2-8(7-15-13)4-11(10)12/h2-4,9H,5-7,13H2,1H3. The Morgan fingerprint density at radius 1 is 1.53 bits per heavy atom. The van der Waals surface area contributed by atoms with E-state index < -0.39 is 0 Å². The molecule has 0 radical (unpaired) electrons. The van der Waals surface area contributed by atoms with Crippen LogP contribution in [0.5, 0.6) is 0 Å². The highest BCUT2D eigenvalue weighted by atomic mass is 79.9. The van der Waals surface area contributed by atoms with Gasteiger partial charge in [-0.25, -0.2) is 5.90 Å². The summed E-state index contributed by atoms with van der Waals surface area (Å²) in [5.41, 5.74) is 2.48. The van der Waals surface area contributed by atoms with E-state index >= 15 is 0 Å². The van der Waals surface area contributed by atoms with Gasteiger partial charge in [0.2, 0.25) is 0 Å². The van der Waals surface area contributed by atoms with Gasteiger partial charge in [0.15, 0.2) is 0 Å². The van der Waals surface area contributed by atoms with Gasteiger partial charge in [-0.3, -0.25) is 4.84 Å². The summed E-state index contributed by atoms with van der Waals surface area (Å²) in [5, 5.41) is 0. The number of halogens is 1. The van der Waals surface area contributed by atoms with E-state index in [9.17, 15) is 0 Å². The number of hydrogen-bond donors (Lipinski definition) is 1. The van der Waals surface area contributed by atoms with Gasteiger partial charge in [-0.15, -0.1) is 0 Å². The highest BCUT2D eigenvalue weighted by Gasteiger charge is 2.26. The van der Waals surface area contributed by atoms with Crippen LogP contribution >= 0.6 is 15.9 Å². The summed E-state index contributed by atoms with van der Waals surface area (Å²) in [4.78, 5) is 6.93. The van der Waals surface area contributed by atoms with E-state index in [2.05, 4.69) is 50.9 Å². The van der Waals surface area contributed by atoms with Gasteiger partial charge in [-0.2, -0.15) is 0 Å². The molecule has 0 amide bonds. The third-order valence-electron chi connectivity index (χ3n) is 2.82. The Kier molecular flexibility index (Phi) is 3.41. The number of nitrogens with zero attached hydrogens (tertiary/aromatic N) is 1. The lowest BCUT2D eigenvalue weighted by molar-refractivity contribution is 0.124. The van der Waals surface area contributed by atoms with Crippen molar-refractivity contribution in [1.82, 2.24) is 4.90 Å². The molecule has 2 rings (SSSR count). The normalized spacial score (nSPS) is 17.8. The molecule has 15 heavy (non-hydrogen) atoms. The lowest BCUT2D eigenvalue weighted by Crippen LogP contribution is -2.41. The first kappa shape index (κ1) is 11.1. The molecule has 0 saturated carbocycles. The van der Waals surface area contributed by atoms with E-state index in [0.717, 1.165) is 23.1 Å².